The van der Waals surface area contributed by atoms with E-state index in [0.29, 0.717) is 17.7 Å². The van der Waals surface area contributed by atoms with E-state index < -0.39 is 0 Å². The van der Waals surface area contributed by atoms with E-state index in [-0.39, 0.29) is 5.56 Å². The molecular weight excluding hydrogens is 350 g/mol. The van der Waals surface area contributed by atoms with Crippen molar-refractivity contribution in [3.63, 3.8) is 0 Å². The van der Waals surface area contributed by atoms with Gasteiger partial charge in [-0.25, -0.2) is 9.97 Å². The Bertz CT molecular complexity index is 1370. The molecule has 5 aromatic rings. The first-order valence-corrected chi connectivity index (χ1v) is 9.02. The van der Waals surface area contributed by atoms with Crippen molar-refractivity contribution >= 4 is 16.6 Å². The van der Waals surface area contributed by atoms with Gasteiger partial charge in [-0.15, -0.1) is 0 Å². The van der Waals surface area contributed by atoms with E-state index in [4.69, 9.17) is 0 Å². The van der Waals surface area contributed by atoms with Crippen LogP contribution in [0.2, 0.25) is 0 Å². The van der Waals surface area contributed by atoms with Gasteiger partial charge < -0.3 is 4.57 Å². The van der Waals surface area contributed by atoms with Crippen molar-refractivity contribution in [2.45, 2.75) is 13.5 Å². The van der Waals surface area contributed by atoms with Gasteiger partial charge in [-0.1, -0.05) is 30.3 Å². The molecule has 4 heterocycles. The standard InChI is InChI=1S/C22H17N5O/c1-15-9-24-22-25-17(14-27(22)12-15)13-26-8-7-18-19(16-5-3-2-4-6-16)10-23-11-20(18)21(26)28/h2-12,14H,13H2,1H3. The van der Waals surface area contributed by atoms with E-state index >= 15 is 0 Å². The number of pyridine rings is 2. The molecule has 0 saturated carbocycles. The van der Waals surface area contributed by atoms with Crippen molar-refractivity contribution in [2.24, 2.45) is 0 Å². The zero-order valence-corrected chi connectivity index (χ0v) is 15.3. The summed E-state index contributed by atoms with van der Waals surface area (Å²) in [7, 11) is 0. The van der Waals surface area contributed by atoms with Gasteiger partial charge in [-0.3, -0.25) is 14.2 Å². The molecule has 0 saturated heterocycles. The molecular formula is C22H17N5O. The minimum absolute atomic E-state index is 0.0797. The zero-order chi connectivity index (χ0) is 19.1. The van der Waals surface area contributed by atoms with E-state index in [1.54, 1.807) is 23.2 Å². The normalized spacial score (nSPS) is 11.3. The highest BCUT2D eigenvalue weighted by Gasteiger charge is 2.10. The Balaban J connectivity index is 1.59. The fourth-order valence-corrected chi connectivity index (χ4v) is 3.47. The molecule has 0 atom stereocenters. The summed E-state index contributed by atoms with van der Waals surface area (Å²) in [6.45, 7) is 2.37. The summed E-state index contributed by atoms with van der Waals surface area (Å²) in [5.74, 6) is 0.627. The summed E-state index contributed by atoms with van der Waals surface area (Å²) in [5.41, 5.74) is 3.75. The molecule has 0 amide bonds. The van der Waals surface area contributed by atoms with E-state index in [0.717, 1.165) is 27.8 Å². The van der Waals surface area contributed by atoms with Crippen molar-refractivity contribution in [3.8, 4) is 11.1 Å². The van der Waals surface area contributed by atoms with Gasteiger partial charge in [0.15, 0.2) is 0 Å². The Morgan fingerprint density at radius 1 is 0.964 bits per heavy atom. The molecule has 4 aromatic heterocycles. The monoisotopic (exact) mass is 367 g/mol. The van der Waals surface area contributed by atoms with Crippen LogP contribution >= 0.6 is 0 Å². The first-order chi connectivity index (χ1) is 13.7. The number of rotatable bonds is 3. The number of benzene rings is 1. The van der Waals surface area contributed by atoms with Crippen molar-refractivity contribution in [3.05, 3.63) is 95.2 Å². The third kappa shape index (κ3) is 2.75. The van der Waals surface area contributed by atoms with Gasteiger partial charge in [0.25, 0.3) is 5.56 Å². The minimum Gasteiger partial charge on any atom is -0.309 e. The molecule has 5 rings (SSSR count). The van der Waals surface area contributed by atoms with Crippen LogP contribution in [-0.2, 0) is 6.54 Å². The Morgan fingerprint density at radius 2 is 1.82 bits per heavy atom. The van der Waals surface area contributed by atoms with Crippen molar-refractivity contribution in [1.29, 1.82) is 0 Å². The quantitative estimate of drug-likeness (QED) is 0.490. The molecule has 6 nitrogen and oxygen atoms in total. The number of fused-ring (bicyclic) bond motifs is 2. The number of imidazole rings is 1. The first-order valence-electron chi connectivity index (χ1n) is 9.02. The predicted molar refractivity (Wildman–Crippen MR) is 108 cm³/mol. The van der Waals surface area contributed by atoms with Gasteiger partial charge in [-0.05, 0) is 29.5 Å². The summed E-state index contributed by atoms with van der Waals surface area (Å²) in [4.78, 5) is 26.2. The van der Waals surface area contributed by atoms with Crippen LogP contribution in [0.3, 0.4) is 0 Å². The third-order valence-electron chi connectivity index (χ3n) is 4.81. The van der Waals surface area contributed by atoms with Gasteiger partial charge in [0.05, 0.1) is 17.6 Å². The van der Waals surface area contributed by atoms with E-state index in [2.05, 4.69) is 15.0 Å². The summed E-state index contributed by atoms with van der Waals surface area (Å²) < 4.78 is 3.54. The lowest BCUT2D eigenvalue weighted by Gasteiger charge is -2.09. The number of nitrogens with zero attached hydrogens (tertiary/aromatic N) is 5. The average molecular weight is 367 g/mol. The first kappa shape index (κ1) is 16.4. The number of hydrogen-bond donors (Lipinski definition) is 0. The molecule has 0 unspecified atom stereocenters. The summed E-state index contributed by atoms with van der Waals surface area (Å²) in [6.07, 6.45) is 10.9. The molecule has 0 spiro atoms. The SMILES string of the molecule is Cc1cnc2nc(Cn3ccc4c(-c5ccccc5)cncc4c3=O)cn2c1. The van der Waals surface area contributed by atoms with Crippen LogP contribution in [0.5, 0.6) is 0 Å². The summed E-state index contributed by atoms with van der Waals surface area (Å²) in [5, 5.41) is 1.50. The lowest BCUT2D eigenvalue weighted by atomic mass is 10.0. The Hall–Kier alpha value is -3.80. The topological polar surface area (TPSA) is 65.1 Å². The lowest BCUT2D eigenvalue weighted by Crippen LogP contribution is -2.20. The van der Waals surface area contributed by atoms with Gasteiger partial charge in [0, 0.05) is 42.7 Å². The summed E-state index contributed by atoms with van der Waals surface area (Å²) in [6, 6.07) is 11.9. The molecule has 0 radical (unpaired) electrons. The second-order valence-corrected chi connectivity index (χ2v) is 6.83. The van der Waals surface area contributed by atoms with Crippen LogP contribution in [-0.4, -0.2) is 23.9 Å². The Kier molecular flexibility index (Phi) is 3.76. The molecule has 6 heteroatoms. The molecule has 0 aliphatic rings. The van der Waals surface area contributed by atoms with Crippen LogP contribution in [0.15, 0.2) is 78.4 Å². The van der Waals surface area contributed by atoms with E-state index in [9.17, 15) is 4.79 Å². The highest BCUT2D eigenvalue weighted by Crippen LogP contribution is 2.25. The fraction of sp³-hybridized carbons (Fsp3) is 0.0909. The van der Waals surface area contributed by atoms with Crippen molar-refractivity contribution in [1.82, 2.24) is 23.9 Å². The maximum Gasteiger partial charge on any atom is 0.260 e. The van der Waals surface area contributed by atoms with Crippen LogP contribution in [0.4, 0.5) is 0 Å². The maximum absolute atomic E-state index is 13.1. The van der Waals surface area contributed by atoms with Crippen LogP contribution in [0, 0.1) is 6.92 Å². The fourth-order valence-electron chi connectivity index (χ4n) is 3.47. The van der Waals surface area contributed by atoms with Crippen LogP contribution in [0.25, 0.3) is 27.7 Å². The highest BCUT2D eigenvalue weighted by molar-refractivity contribution is 5.95. The molecule has 0 fully saturated rings. The Morgan fingerprint density at radius 3 is 2.68 bits per heavy atom. The molecule has 1 aromatic carbocycles. The van der Waals surface area contributed by atoms with Crippen molar-refractivity contribution in [2.75, 3.05) is 0 Å². The van der Waals surface area contributed by atoms with Gasteiger partial charge in [-0.2, -0.15) is 0 Å². The second kappa shape index (κ2) is 6.42. The van der Waals surface area contributed by atoms with E-state index in [1.165, 1.54) is 0 Å². The minimum atomic E-state index is -0.0797. The van der Waals surface area contributed by atoms with Crippen molar-refractivity contribution < 1.29 is 0 Å². The molecule has 0 aliphatic carbocycles. The highest BCUT2D eigenvalue weighted by atomic mass is 16.1. The smallest absolute Gasteiger partial charge is 0.260 e. The lowest BCUT2D eigenvalue weighted by molar-refractivity contribution is 0.751. The van der Waals surface area contributed by atoms with Crippen LogP contribution in [0.1, 0.15) is 11.3 Å². The zero-order valence-electron chi connectivity index (χ0n) is 15.3. The molecule has 28 heavy (non-hydrogen) atoms. The van der Waals surface area contributed by atoms with Gasteiger partial charge in [0.2, 0.25) is 5.78 Å². The molecule has 0 N–H and O–H groups in total. The molecule has 0 aliphatic heterocycles. The largest absolute Gasteiger partial charge is 0.309 e. The van der Waals surface area contributed by atoms with E-state index in [1.807, 2.05) is 66.3 Å². The predicted octanol–water partition coefficient (Wildman–Crippen LogP) is 3.46. The number of aromatic nitrogens is 5. The van der Waals surface area contributed by atoms with Gasteiger partial charge in [0.1, 0.15) is 0 Å². The molecule has 0 bridgehead atoms. The Labute approximate surface area is 160 Å². The maximum atomic E-state index is 13.1. The third-order valence-corrected chi connectivity index (χ3v) is 4.81. The molecule has 136 valence electrons. The summed E-state index contributed by atoms with van der Waals surface area (Å²) >= 11 is 0. The van der Waals surface area contributed by atoms with Gasteiger partial charge >= 0.3 is 0 Å². The number of aryl methyl sites for hydroxylation is 1. The average Bonchev–Trinajstić information content (AvgIpc) is 3.12. The van der Waals surface area contributed by atoms with Crippen LogP contribution < -0.4 is 5.56 Å². The number of hydrogen-bond acceptors (Lipinski definition) is 4. The second-order valence-electron chi connectivity index (χ2n) is 6.83.